The van der Waals surface area contributed by atoms with Crippen LogP contribution in [0.1, 0.15) is 69.2 Å². The highest BCUT2D eigenvalue weighted by Gasteiger charge is 2.27. The molecule has 0 amide bonds. The molecule has 0 saturated heterocycles. The van der Waals surface area contributed by atoms with Gasteiger partial charge >= 0.3 is 0 Å². The molecule has 0 bridgehead atoms. The topological polar surface area (TPSA) is 29.9 Å². The van der Waals surface area contributed by atoms with Crippen LogP contribution in [0.25, 0.3) is 0 Å². The van der Waals surface area contributed by atoms with Crippen molar-refractivity contribution in [2.24, 2.45) is 5.92 Å². The summed E-state index contributed by atoms with van der Waals surface area (Å²) in [4.78, 5) is 4.94. The SMILES string of the molecule is CCCc1nc2c(n1C1CCCC(C)C1)CCNC2. The fourth-order valence-electron chi connectivity index (χ4n) is 3.86. The molecule has 0 radical (unpaired) electrons. The van der Waals surface area contributed by atoms with Crippen LogP contribution in [0, 0.1) is 5.92 Å². The normalized spacial score (nSPS) is 27.3. The van der Waals surface area contributed by atoms with Crippen molar-refractivity contribution in [2.75, 3.05) is 6.54 Å². The zero-order valence-electron chi connectivity index (χ0n) is 12.4. The number of aromatic nitrogens is 2. The number of nitrogens with one attached hydrogen (secondary N) is 1. The maximum absolute atomic E-state index is 4.94. The van der Waals surface area contributed by atoms with Gasteiger partial charge in [0.1, 0.15) is 5.82 Å². The van der Waals surface area contributed by atoms with Crippen LogP contribution in [0.3, 0.4) is 0 Å². The Morgan fingerprint density at radius 2 is 2.26 bits per heavy atom. The van der Waals surface area contributed by atoms with Gasteiger partial charge in [0.25, 0.3) is 0 Å². The van der Waals surface area contributed by atoms with E-state index in [2.05, 4.69) is 23.7 Å². The van der Waals surface area contributed by atoms with Crippen LogP contribution in [-0.2, 0) is 19.4 Å². The van der Waals surface area contributed by atoms with Gasteiger partial charge in [-0.1, -0.05) is 26.7 Å². The van der Waals surface area contributed by atoms with Gasteiger partial charge in [0.05, 0.1) is 5.69 Å². The molecule has 19 heavy (non-hydrogen) atoms. The molecule has 0 aromatic carbocycles. The third-order valence-corrected chi connectivity index (χ3v) is 4.74. The summed E-state index contributed by atoms with van der Waals surface area (Å²) in [6.45, 7) is 6.77. The molecule has 1 aliphatic carbocycles. The fraction of sp³-hybridized carbons (Fsp3) is 0.812. The number of nitrogens with zero attached hydrogens (tertiary/aromatic N) is 2. The van der Waals surface area contributed by atoms with Crippen LogP contribution in [-0.4, -0.2) is 16.1 Å². The molecule has 1 saturated carbocycles. The Morgan fingerprint density at radius 3 is 3.05 bits per heavy atom. The van der Waals surface area contributed by atoms with Gasteiger partial charge in [-0.3, -0.25) is 0 Å². The third kappa shape index (κ3) is 2.58. The van der Waals surface area contributed by atoms with E-state index in [0.717, 1.165) is 37.9 Å². The Bertz CT molecular complexity index is 435. The van der Waals surface area contributed by atoms with E-state index >= 15 is 0 Å². The zero-order valence-corrected chi connectivity index (χ0v) is 12.4. The van der Waals surface area contributed by atoms with Crippen molar-refractivity contribution in [1.29, 1.82) is 0 Å². The second kappa shape index (κ2) is 5.66. The maximum Gasteiger partial charge on any atom is 0.109 e. The Kier molecular flexibility index (Phi) is 3.92. The molecule has 2 unspecified atom stereocenters. The average molecular weight is 261 g/mol. The first-order chi connectivity index (χ1) is 9.29. The summed E-state index contributed by atoms with van der Waals surface area (Å²) in [5.41, 5.74) is 2.87. The number of aryl methyl sites for hydroxylation is 1. The van der Waals surface area contributed by atoms with E-state index < -0.39 is 0 Å². The lowest BCUT2D eigenvalue weighted by molar-refractivity contribution is 0.272. The molecule has 1 aliphatic heterocycles. The van der Waals surface area contributed by atoms with Gasteiger partial charge in [0.15, 0.2) is 0 Å². The van der Waals surface area contributed by atoms with Crippen molar-refractivity contribution in [3.63, 3.8) is 0 Å². The highest BCUT2D eigenvalue weighted by atomic mass is 15.1. The van der Waals surface area contributed by atoms with Crippen LogP contribution >= 0.6 is 0 Å². The van der Waals surface area contributed by atoms with Gasteiger partial charge in [-0.05, 0) is 25.2 Å². The van der Waals surface area contributed by atoms with E-state index in [1.165, 1.54) is 43.6 Å². The number of fused-ring (bicyclic) bond motifs is 1. The quantitative estimate of drug-likeness (QED) is 0.905. The first-order valence-corrected chi connectivity index (χ1v) is 8.09. The molecule has 1 aromatic heterocycles. The van der Waals surface area contributed by atoms with Crippen molar-refractivity contribution in [3.05, 3.63) is 17.2 Å². The molecule has 3 nitrogen and oxygen atoms in total. The fourth-order valence-corrected chi connectivity index (χ4v) is 3.86. The molecule has 3 rings (SSSR count). The lowest BCUT2D eigenvalue weighted by Crippen LogP contribution is -2.27. The molecule has 1 fully saturated rings. The third-order valence-electron chi connectivity index (χ3n) is 4.74. The van der Waals surface area contributed by atoms with Crippen LogP contribution in [0.5, 0.6) is 0 Å². The Hall–Kier alpha value is -0.830. The first-order valence-electron chi connectivity index (χ1n) is 8.09. The molecule has 106 valence electrons. The van der Waals surface area contributed by atoms with Crippen molar-refractivity contribution in [1.82, 2.24) is 14.9 Å². The molecule has 3 heteroatoms. The summed E-state index contributed by atoms with van der Waals surface area (Å²) in [7, 11) is 0. The zero-order chi connectivity index (χ0) is 13.2. The van der Waals surface area contributed by atoms with E-state index in [1.807, 2.05) is 0 Å². The molecule has 2 aliphatic rings. The summed E-state index contributed by atoms with van der Waals surface area (Å²) < 4.78 is 2.65. The number of hydrogen-bond acceptors (Lipinski definition) is 2. The molecular weight excluding hydrogens is 234 g/mol. The van der Waals surface area contributed by atoms with Crippen molar-refractivity contribution in [3.8, 4) is 0 Å². The van der Waals surface area contributed by atoms with Gasteiger partial charge in [-0.2, -0.15) is 0 Å². The molecular formula is C16H27N3. The van der Waals surface area contributed by atoms with Crippen molar-refractivity contribution in [2.45, 2.75) is 71.4 Å². The number of hydrogen-bond donors (Lipinski definition) is 1. The summed E-state index contributed by atoms with van der Waals surface area (Å²) in [5, 5.41) is 3.46. The highest BCUT2D eigenvalue weighted by Crippen LogP contribution is 2.35. The standard InChI is InChI=1S/C16H27N3/c1-3-5-16-18-14-11-17-9-8-15(14)19(16)13-7-4-6-12(2)10-13/h12-13,17H,3-11H2,1-2H3. The molecule has 1 N–H and O–H groups in total. The molecule has 2 heterocycles. The predicted molar refractivity (Wildman–Crippen MR) is 78.3 cm³/mol. The summed E-state index contributed by atoms with van der Waals surface area (Å²) in [5.74, 6) is 2.24. The summed E-state index contributed by atoms with van der Waals surface area (Å²) in [6.07, 6.45) is 9.02. The van der Waals surface area contributed by atoms with Gasteiger partial charge in [0.2, 0.25) is 0 Å². The van der Waals surface area contributed by atoms with Crippen LogP contribution in [0.2, 0.25) is 0 Å². The lowest BCUT2D eigenvalue weighted by atomic mass is 9.86. The Balaban J connectivity index is 1.94. The minimum absolute atomic E-state index is 0.722. The average Bonchev–Trinajstić information content (AvgIpc) is 2.77. The van der Waals surface area contributed by atoms with Gasteiger partial charge in [0, 0.05) is 37.7 Å². The van der Waals surface area contributed by atoms with E-state index in [-0.39, 0.29) is 0 Å². The summed E-state index contributed by atoms with van der Waals surface area (Å²) in [6, 6.07) is 0.722. The highest BCUT2D eigenvalue weighted by molar-refractivity contribution is 5.21. The second-order valence-corrected chi connectivity index (χ2v) is 6.39. The van der Waals surface area contributed by atoms with E-state index in [9.17, 15) is 0 Å². The Labute approximate surface area is 116 Å². The molecule has 2 atom stereocenters. The molecule has 0 spiro atoms. The molecule has 1 aromatic rings. The largest absolute Gasteiger partial charge is 0.329 e. The van der Waals surface area contributed by atoms with Crippen LogP contribution in [0.4, 0.5) is 0 Å². The van der Waals surface area contributed by atoms with Crippen molar-refractivity contribution < 1.29 is 0 Å². The summed E-state index contributed by atoms with van der Waals surface area (Å²) >= 11 is 0. The number of imidazole rings is 1. The van der Waals surface area contributed by atoms with Crippen LogP contribution < -0.4 is 5.32 Å². The first kappa shape index (κ1) is 13.2. The second-order valence-electron chi connectivity index (χ2n) is 6.39. The van der Waals surface area contributed by atoms with Crippen molar-refractivity contribution >= 4 is 0 Å². The van der Waals surface area contributed by atoms with E-state index in [1.54, 1.807) is 5.69 Å². The lowest BCUT2D eigenvalue weighted by Gasteiger charge is -2.31. The van der Waals surface area contributed by atoms with E-state index in [4.69, 9.17) is 4.98 Å². The number of rotatable bonds is 3. The predicted octanol–water partition coefficient (Wildman–Crippen LogP) is 3.23. The monoisotopic (exact) mass is 261 g/mol. The van der Waals surface area contributed by atoms with Gasteiger partial charge in [-0.25, -0.2) is 4.98 Å². The van der Waals surface area contributed by atoms with Crippen LogP contribution in [0.15, 0.2) is 0 Å². The maximum atomic E-state index is 4.94. The minimum atomic E-state index is 0.722. The smallest absolute Gasteiger partial charge is 0.109 e. The van der Waals surface area contributed by atoms with Gasteiger partial charge in [-0.15, -0.1) is 0 Å². The minimum Gasteiger partial charge on any atom is -0.329 e. The van der Waals surface area contributed by atoms with E-state index in [0.29, 0.717) is 0 Å². The van der Waals surface area contributed by atoms with Gasteiger partial charge < -0.3 is 9.88 Å². The Morgan fingerprint density at radius 1 is 1.37 bits per heavy atom.